The molecule has 2 rings (SSSR count). The Balaban J connectivity index is 2.23. The third kappa shape index (κ3) is 4.17. The number of amides is 1. The Labute approximate surface area is 156 Å². The highest BCUT2D eigenvalue weighted by atomic mass is 35.5. The number of nitrogens with zero attached hydrogens (tertiary/aromatic N) is 1. The zero-order chi connectivity index (χ0) is 18.7. The molecule has 0 atom stereocenters. The predicted molar refractivity (Wildman–Crippen MR) is 98.5 cm³/mol. The molecule has 1 heterocycles. The van der Waals surface area contributed by atoms with Crippen molar-refractivity contribution in [1.82, 2.24) is 9.88 Å². The van der Waals surface area contributed by atoms with Crippen LogP contribution in [0.3, 0.4) is 0 Å². The lowest BCUT2D eigenvalue weighted by atomic mass is 10.1. The van der Waals surface area contributed by atoms with Crippen LogP contribution in [-0.2, 0) is 11.3 Å². The molecule has 0 radical (unpaired) electrons. The molecule has 1 N–H and O–H groups in total. The van der Waals surface area contributed by atoms with Crippen molar-refractivity contribution in [2.45, 2.75) is 27.3 Å². The maximum atomic E-state index is 12.8. The van der Waals surface area contributed by atoms with Gasteiger partial charge in [0.15, 0.2) is 0 Å². The average Bonchev–Trinajstić information content (AvgIpc) is 2.85. The van der Waals surface area contributed by atoms with Crippen LogP contribution in [0.4, 0.5) is 0 Å². The zero-order valence-corrected chi connectivity index (χ0v) is 16.1. The SMILES string of the molecule is CCOC(=O)c1c(C)[nH]c(C(=O)N(C)Cc2ccc(Cl)c(Cl)c2)c1C. The molecule has 0 saturated carbocycles. The molecular weight excluding hydrogens is 363 g/mol. The molecule has 0 saturated heterocycles. The molecule has 0 fully saturated rings. The molecule has 7 heteroatoms. The number of carbonyl (C=O) groups is 2. The topological polar surface area (TPSA) is 62.4 Å². The number of aromatic nitrogens is 1. The predicted octanol–water partition coefficient (Wildman–Crippen LogP) is 4.39. The third-order valence-electron chi connectivity index (χ3n) is 3.88. The van der Waals surface area contributed by atoms with Gasteiger partial charge >= 0.3 is 5.97 Å². The van der Waals surface area contributed by atoms with Crippen molar-refractivity contribution in [3.05, 3.63) is 56.3 Å². The van der Waals surface area contributed by atoms with Gasteiger partial charge in [-0.2, -0.15) is 0 Å². The number of carbonyl (C=O) groups excluding carboxylic acids is 2. The van der Waals surface area contributed by atoms with Crippen molar-refractivity contribution in [2.24, 2.45) is 0 Å². The number of rotatable bonds is 5. The second-order valence-corrected chi connectivity index (χ2v) is 6.57. The number of nitrogens with one attached hydrogen (secondary N) is 1. The monoisotopic (exact) mass is 382 g/mol. The number of hydrogen-bond acceptors (Lipinski definition) is 3. The second-order valence-electron chi connectivity index (χ2n) is 5.76. The molecule has 0 aliphatic carbocycles. The minimum absolute atomic E-state index is 0.220. The maximum Gasteiger partial charge on any atom is 0.340 e. The summed E-state index contributed by atoms with van der Waals surface area (Å²) in [6, 6.07) is 5.24. The minimum atomic E-state index is -0.431. The van der Waals surface area contributed by atoms with E-state index >= 15 is 0 Å². The lowest BCUT2D eigenvalue weighted by Crippen LogP contribution is -2.27. The first-order valence-corrected chi connectivity index (χ1v) is 8.57. The highest BCUT2D eigenvalue weighted by Crippen LogP contribution is 2.24. The highest BCUT2D eigenvalue weighted by molar-refractivity contribution is 6.42. The summed E-state index contributed by atoms with van der Waals surface area (Å²) in [5.74, 6) is -0.651. The van der Waals surface area contributed by atoms with Crippen molar-refractivity contribution in [3.63, 3.8) is 0 Å². The minimum Gasteiger partial charge on any atom is -0.462 e. The summed E-state index contributed by atoms with van der Waals surface area (Å²) < 4.78 is 5.05. The molecule has 0 spiro atoms. The van der Waals surface area contributed by atoms with E-state index in [1.54, 1.807) is 44.9 Å². The summed E-state index contributed by atoms with van der Waals surface area (Å²) in [4.78, 5) is 29.4. The third-order valence-corrected chi connectivity index (χ3v) is 4.62. The first kappa shape index (κ1) is 19.3. The second kappa shape index (κ2) is 7.93. The first-order chi connectivity index (χ1) is 11.8. The molecular formula is C18H20Cl2N2O3. The number of ether oxygens (including phenoxy) is 1. The normalized spacial score (nSPS) is 10.6. The van der Waals surface area contributed by atoms with Crippen LogP contribution in [0.25, 0.3) is 0 Å². The molecule has 0 aliphatic rings. The molecule has 0 aliphatic heterocycles. The van der Waals surface area contributed by atoms with Gasteiger partial charge in [-0.15, -0.1) is 0 Å². The number of benzene rings is 1. The summed E-state index contributed by atoms with van der Waals surface area (Å²) in [6.07, 6.45) is 0. The summed E-state index contributed by atoms with van der Waals surface area (Å²) in [7, 11) is 1.69. The van der Waals surface area contributed by atoms with E-state index in [2.05, 4.69) is 4.98 Å². The van der Waals surface area contributed by atoms with Crippen LogP contribution in [-0.4, -0.2) is 35.4 Å². The first-order valence-electron chi connectivity index (χ1n) is 7.81. The molecule has 1 aromatic heterocycles. The van der Waals surface area contributed by atoms with Crippen LogP contribution in [0.5, 0.6) is 0 Å². The summed E-state index contributed by atoms with van der Waals surface area (Å²) >= 11 is 11.9. The Morgan fingerprint density at radius 1 is 1.20 bits per heavy atom. The van der Waals surface area contributed by atoms with E-state index in [9.17, 15) is 9.59 Å². The lowest BCUT2D eigenvalue weighted by molar-refractivity contribution is 0.0525. The van der Waals surface area contributed by atoms with Crippen LogP contribution in [0, 0.1) is 13.8 Å². The van der Waals surface area contributed by atoms with Gasteiger partial charge < -0.3 is 14.6 Å². The van der Waals surface area contributed by atoms with Crippen molar-refractivity contribution in [1.29, 1.82) is 0 Å². The fourth-order valence-electron chi connectivity index (χ4n) is 2.65. The summed E-state index contributed by atoms with van der Waals surface area (Å²) in [5.41, 5.74) is 2.84. The average molecular weight is 383 g/mol. The van der Waals surface area contributed by atoms with Crippen LogP contribution in [0.2, 0.25) is 10.0 Å². The van der Waals surface area contributed by atoms with Gasteiger partial charge in [0.05, 0.1) is 22.2 Å². The molecule has 0 bridgehead atoms. The number of esters is 1. The Hall–Kier alpha value is -1.98. The van der Waals surface area contributed by atoms with Crippen LogP contribution >= 0.6 is 23.2 Å². The molecule has 5 nitrogen and oxygen atoms in total. The maximum absolute atomic E-state index is 12.8. The van der Waals surface area contributed by atoms with Gasteiger partial charge in [-0.3, -0.25) is 4.79 Å². The zero-order valence-electron chi connectivity index (χ0n) is 14.6. The number of aryl methyl sites for hydroxylation is 1. The quantitative estimate of drug-likeness (QED) is 0.779. The van der Waals surface area contributed by atoms with E-state index < -0.39 is 5.97 Å². The van der Waals surface area contributed by atoms with Crippen molar-refractivity contribution in [2.75, 3.05) is 13.7 Å². The number of aromatic amines is 1. The smallest absolute Gasteiger partial charge is 0.340 e. The van der Waals surface area contributed by atoms with Crippen molar-refractivity contribution in [3.8, 4) is 0 Å². The highest BCUT2D eigenvalue weighted by Gasteiger charge is 2.24. The number of halogens is 2. The Morgan fingerprint density at radius 2 is 1.88 bits per heavy atom. The van der Waals surface area contributed by atoms with Crippen LogP contribution in [0.15, 0.2) is 18.2 Å². The molecule has 1 amide bonds. The number of H-pyrrole nitrogens is 1. The van der Waals surface area contributed by atoms with E-state index in [0.29, 0.717) is 39.1 Å². The van der Waals surface area contributed by atoms with Crippen molar-refractivity contribution < 1.29 is 14.3 Å². The molecule has 134 valence electrons. The number of hydrogen-bond donors (Lipinski definition) is 1. The van der Waals surface area contributed by atoms with Gasteiger partial charge in [-0.25, -0.2) is 4.79 Å². The molecule has 0 unspecified atom stereocenters. The summed E-state index contributed by atoms with van der Waals surface area (Å²) in [5, 5.41) is 0.908. The van der Waals surface area contributed by atoms with E-state index in [1.165, 1.54) is 0 Å². The van der Waals surface area contributed by atoms with E-state index in [0.717, 1.165) is 5.56 Å². The Morgan fingerprint density at radius 3 is 2.48 bits per heavy atom. The van der Waals surface area contributed by atoms with Crippen LogP contribution < -0.4 is 0 Å². The van der Waals surface area contributed by atoms with E-state index in [-0.39, 0.29) is 12.5 Å². The largest absolute Gasteiger partial charge is 0.462 e. The van der Waals surface area contributed by atoms with Gasteiger partial charge in [0.25, 0.3) is 5.91 Å². The fraction of sp³-hybridized carbons (Fsp3) is 0.333. The van der Waals surface area contributed by atoms with Crippen molar-refractivity contribution >= 4 is 35.1 Å². The molecule has 25 heavy (non-hydrogen) atoms. The van der Waals surface area contributed by atoms with Gasteiger partial charge in [0, 0.05) is 19.3 Å². The summed E-state index contributed by atoms with van der Waals surface area (Å²) in [6.45, 7) is 5.86. The Bertz CT molecular complexity index is 815. The van der Waals surface area contributed by atoms with E-state index in [1.807, 2.05) is 6.07 Å². The van der Waals surface area contributed by atoms with Crippen LogP contribution in [0.1, 0.15) is 44.6 Å². The van der Waals surface area contributed by atoms with E-state index in [4.69, 9.17) is 27.9 Å². The Kier molecular flexibility index (Phi) is 6.14. The van der Waals surface area contributed by atoms with Gasteiger partial charge in [0.1, 0.15) is 5.69 Å². The van der Waals surface area contributed by atoms with Gasteiger partial charge in [-0.1, -0.05) is 29.3 Å². The lowest BCUT2D eigenvalue weighted by Gasteiger charge is -2.17. The van der Waals surface area contributed by atoms with Gasteiger partial charge in [0.2, 0.25) is 0 Å². The van der Waals surface area contributed by atoms with Gasteiger partial charge in [-0.05, 0) is 44.0 Å². The molecule has 1 aromatic carbocycles. The standard InChI is InChI=1S/C18H20Cl2N2O3/c1-5-25-18(24)15-10(2)16(21-11(15)3)17(23)22(4)9-12-6-7-13(19)14(20)8-12/h6-8,21H,5,9H2,1-4H3. The molecule has 2 aromatic rings. The fourth-order valence-corrected chi connectivity index (χ4v) is 2.97.